The smallest absolute Gasteiger partial charge is 0.212 e. The van der Waals surface area contributed by atoms with Crippen LogP contribution in [0.1, 0.15) is 37.8 Å². The molecule has 0 bridgehead atoms. The molecule has 2 nitrogen and oxygen atoms in total. The van der Waals surface area contributed by atoms with Crippen LogP contribution in [0.4, 0.5) is 0 Å². The highest BCUT2D eigenvalue weighted by Crippen LogP contribution is 2.38. The van der Waals surface area contributed by atoms with E-state index in [-0.39, 0.29) is 5.16 Å². The van der Waals surface area contributed by atoms with Gasteiger partial charge in [0.05, 0.1) is 21.0 Å². The number of benzene rings is 4. The van der Waals surface area contributed by atoms with Crippen LogP contribution in [0.15, 0.2) is 152 Å². The molecule has 0 aliphatic heterocycles. The number of hydrogen-bond donors (Lipinski definition) is 0. The average Bonchev–Trinajstić information content (AvgIpc) is 3.71. The molecule has 0 N–H and O–H groups in total. The quantitative estimate of drug-likeness (QED) is 0.136. The highest BCUT2D eigenvalue weighted by Gasteiger charge is 2.37. The summed E-state index contributed by atoms with van der Waals surface area (Å²) in [6, 6.07) is 44.9. The minimum atomic E-state index is -0.543. The Bertz CT molecular complexity index is 1370. The van der Waals surface area contributed by atoms with Crippen LogP contribution in [-0.4, -0.2) is 25.8 Å². The molecule has 206 valence electrons. The lowest BCUT2D eigenvalue weighted by Crippen LogP contribution is -2.42. The molecule has 0 saturated heterocycles. The predicted octanol–water partition coefficient (Wildman–Crippen LogP) is 6.89. The SMILES string of the molecule is CC=CC(C)C[SiH2]C(c1ccccc1)(c1ccccc1)n1ccnc1.c1ccc(B(c2ccccc2)C2CC2)cc1. The summed E-state index contributed by atoms with van der Waals surface area (Å²) in [5, 5.41) is -0.102. The van der Waals surface area contributed by atoms with Gasteiger partial charge in [-0.2, -0.15) is 0 Å². The third kappa shape index (κ3) is 7.07. The van der Waals surface area contributed by atoms with Crippen LogP contribution >= 0.6 is 0 Å². The third-order valence-corrected chi connectivity index (χ3v) is 11.4. The van der Waals surface area contributed by atoms with Gasteiger partial charge >= 0.3 is 0 Å². The molecule has 5 aromatic rings. The largest absolute Gasteiger partial charge is 0.327 e. The maximum Gasteiger partial charge on any atom is 0.212 e. The standard InChI is InChI=1S/C22H26N2Si.C15H15B/c1-3-10-19(2)17-25-22(24-16-15-23-18-24,20-11-6-4-7-12-20)21-13-8-5-9-14-21;1-3-7-13(8-4-1)16(15-11-12-15)14-9-5-2-6-10-14/h3-16,18-19H,17,25H2,1-2H3;1-10,15H,11-12H2. The van der Waals surface area contributed by atoms with Gasteiger partial charge < -0.3 is 4.57 Å². The van der Waals surface area contributed by atoms with E-state index in [4.69, 9.17) is 0 Å². The van der Waals surface area contributed by atoms with Gasteiger partial charge in [-0.05, 0) is 24.0 Å². The highest BCUT2D eigenvalue weighted by atomic mass is 28.2. The zero-order valence-electron chi connectivity index (χ0n) is 24.4. The van der Waals surface area contributed by atoms with Gasteiger partial charge in [-0.25, -0.2) is 4.98 Å². The summed E-state index contributed by atoms with van der Waals surface area (Å²) in [5.74, 6) is 1.47. The van der Waals surface area contributed by atoms with E-state index in [1.54, 1.807) is 0 Å². The molecule has 0 radical (unpaired) electrons. The third-order valence-electron chi connectivity index (χ3n) is 8.34. The lowest BCUT2D eigenvalue weighted by molar-refractivity contribution is 0.585. The normalized spacial score (nSPS) is 14.1. The highest BCUT2D eigenvalue weighted by molar-refractivity contribution is 6.86. The monoisotopic (exact) mass is 552 g/mol. The lowest BCUT2D eigenvalue weighted by Gasteiger charge is -2.37. The molecule has 1 heterocycles. The number of nitrogens with zero attached hydrogens (tertiary/aromatic N) is 2. The van der Waals surface area contributed by atoms with Crippen LogP contribution in [-0.2, 0) is 5.16 Å². The Balaban J connectivity index is 0.000000181. The van der Waals surface area contributed by atoms with Gasteiger partial charge in [-0.3, -0.25) is 0 Å². The van der Waals surface area contributed by atoms with Crippen molar-refractivity contribution in [3.05, 3.63) is 163 Å². The van der Waals surface area contributed by atoms with Crippen LogP contribution in [0.2, 0.25) is 11.9 Å². The van der Waals surface area contributed by atoms with E-state index in [1.165, 1.54) is 40.9 Å². The summed E-state index contributed by atoms with van der Waals surface area (Å²) in [7, 11) is -0.543. The summed E-state index contributed by atoms with van der Waals surface area (Å²) in [4.78, 5) is 4.37. The van der Waals surface area contributed by atoms with Gasteiger partial charge in [0.1, 0.15) is 0 Å². The fraction of sp³-hybridized carbons (Fsp3) is 0.216. The molecule has 1 aliphatic rings. The molecule has 41 heavy (non-hydrogen) atoms. The Hall–Kier alpha value is -3.89. The maximum atomic E-state index is 4.37. The van der Waals surface area contributed by atoms with Crippen molar-refractivity contribution in [2.75, 3.05) is 0 Å². The van der Waals surface area contributed by atoms with Crippen LogP contribution in [0.3, 0.4) is 0 Å². The number of allylic oxidation sites excluding steroid dienone is 2. The molecular weight excluding hydrogens is 511 g/mol. The molecule has 1 aromatic heterocycles. The van der Waals surface area contributed by atoms with Crippen LogP contribution < -0.4 is 10.9 Å². The first-order valence-corrected chi connectivity index (χ1v) is 16.7. The zero-order chi connectivity index (χ0) is 28.3. The molecule has 6 rings (SSSR count). The minimum absolute atomic E-state index is 0.102. The molecule has 1 saturated carbocycles. The second-order valence-corrected chi connectivity index (χ2v) is 13.3. The lowest BCUT2D eigenvalue weighted by atomic mass is 9.37. The Morgan fingerprint density at radius 3 is 1.71 bits per heavy atom. The Kier molecular flexibility index (Phi) is 9.88. The first-order chi connectivity index (χ1) is 20.2. The van der Waals surface area contributed by atoms with Crippen LogP contribution in [0.25, 0.3) is 0 Å². The summed E-state index contributed by atoms with van der Waals surface area (Å²) in [6.07, 6.45) is 13.2. The van der Waals surface area contributed by atoms with Crippen molar-refractivity contribution >= 4 is 27.2 Å². The van der Waals surface area contributed by atoms with Crippen molar-refractivity contribution in [1.82, 2.24) is 9.55 Å². The second kappa shape index (κ2) is 14.1. The summed E-state index contributed by atoms with van der Waals surface area (Å²) in [5.41, 5.74) is 5.66. The van der Waals surface area contributed by atoms with Crippen molar-refractivity contribution in [1.29, 1.82) is 0 Å². The van der Waals surface area contributed by atoms with Crippen LogP contribution in [0, 0.1) is 5.92 Å². The number of aromatic nitrogens is 2. The molecule has 1 atom stereocenters. The second-order valence-electron chi connectivity index (χ2n) is 11.2. The van der Waals surface area contributed by atoms with Gasteiger partial charge in [0.2, 0.25) is 6.71 Å². The fourth-order valence-corrected chi connectivity index (χ4v) is 8.70. The fourth-order valence-electron chi connectivity index (χ4n) is 6.14. The Morgan fingerprint density at radius 1 is 0.805 bits per heavy atom. The predicted molar refractivity (Wildman–Crippen MR) is 180 cm³/mol. The van der Waals surface area contributed by atoms with E-state index in [2.05, 4.69) is 163 Å². The van der Waals surface area contributed by atoms with Gasteiger partial charge in [0.15, 0.2) is 0 Å². The summed E-state index contributed by atoms with van der Waals surface area (Å²) in [6.45, 7) is 5.04. The number of imidazole rings is 1. The molecular formula is C37H41BN2Si. The molecule has 1 unspecified atom stereocenters. The summed E-state index contributed by atoms with van der Waals surface area (Å²) < 4.78 is 2.33. The Morgan fingerprint density at radius 2 is 1.29 bits per heavy atom. The van der Waals surface area contributed by atoms with E-state index in [0.29, 0.717) is 12.6 Å². The van der Waals surface area contributed by atoms with E-state index in [1.807, 2.05) is 12.5 Å². The topological polar surface area (TPSA) is 17.8 Å². The average molecular weight is 553 g/mol. The van der Waals surface area contributed by atoms with Crippen molar-refractivity contribution in [2.45, 2.75) is 43.7 Å². The Labute approximate surface area is 249 Å². The summed E-state index contributed by atoms with van der Waals surface area (Å²) >= 11 is 0. The van der Waals surface area contributed by atoms with Gasteiger partial charge in [0, 0.05) is 12.4 Å². The molecule has 4 heteroatoms. The molecule has 0 spiro atoms. The van der Waals surface area contributed by atoms with E-state index in [9.17, 15) is 0 Å². The number of rotatable bonds is 10. The minimum Gasteiger partial charge on any atom is -0.327 e. The van der Waals surface area contributed by atoms with Crippen molar-refractivity contribution < 1.29 is 0 Å². The zero-order valence-corrected chi connectivity index (χ0v) is 25.8. The van der Waals surface area contributed by atoms with E-state index >= 15 is 0 Å². The molecule has 0 amide bonds. The van der Waals surface area contributed by atoms with Gasteiger partial charge in [-0.15, -0.1) is 0 Å². The first kappa shape index (κ1) is 28.6. The van der Waals surface area contributed by atoms with Crippen LogP contribution in [0.5, 0.6) is 0 Å². The molecule has 1 fully saturated rings. The molecule has 1 aliphatic carbocycles. The maximum absolute atomic E-state index is 4.37. The molecule has 4 aromatic carbocycles. The van der Waals surface area contributed by atoms with Crippen molar-refractivity contribution in [3.8, 4) is 0 Å². The van der Waals surface area contributed by atoms with E-state index in [0.717, 1.165) is 5.82 Å². The van der Waals surface area contributed by atoms with Gasteiger partial charge in [-0.1, -0.05) is 176 Å². The van der Waals surface area contributed by atoms with Crippen molar-refractivity contribution in [2.24, 2.45) is 5.92 Å². The number of hydrogen-bond acceptors (Lipinski definition) is 1. The first-order valence-electron chi connectivity index (χ1n) is 15.0. The van der Waals surface area contributed by atoms with E-state index < -0.39 is 9.52 Å². The van der Waals surface area contributed by atoms with Gasteiger partial charge in [0.25, 0.3) is 0 Å². The van der Waals surface area contributed by atoms with Crippen molar-refractivity contribution in [3.63, 3.8) is 0 Å².